The molecule has 0 N–H and O–H groups in total. The van der Waals surface area contributed by atoms with Gasteiger partial charge in [0.05, 0.1) is 0 Å². The molecule has 0 spiro atoms. The van der Waals surface area contributed by atoms with Gasteiger partial charge in [-0.1, -0.05) is 175 Å². The lowest BCUT2D eigenvalue weighted by molar-refractivity contribution is 0.273. The molecule has 0 rings (SSSR count). The number of hydrogen-bond donors (Lipinski definition) is 0. The van der Waals surface area contributed by atoms with Crippen molar-refractivity contribution < 1.29 is 0 Å². The van der Waals surface area contributed by atoms with Crippen molar-refractivity contribution in [2.75, 3.05) is 19.6 Å². The molecular weight excluding hydrogens is 398 g/mol. The SMILES string of the molecule is CCCCCCCCCCCCCCCCCCN(CC)CCCCCCCCCCCC. The summed E-state index contributed by atoms with van der Waals surface area (Å²) < 4.78 is 0. The summed E-state index contributed by atoms with van der Waals surface area (Å²) in [6.07, 6.45) is 37.9. The van der Waals surface area contributed by atoms with Crippen LogP contribution in [0, 0.1) is 0 Å². The predicted octanol–water partition coefficient (Wildman–Crippen LogP) is 11.5. The van der Waals surface area contributed by atoms with Crippen LogP contribution >= 0.6 is 0 Å². The van der Waals surface area contributed by atoms with E-state index in [9.17, 15) is 0 Å². The molecule has 33 heavy (non-hydrogen) atoms. The molecule has 0 aliphatic carbocycles. The van der Waals surface area contributed by atoms with E-state index in [2.05, 4.69) is 25.7 Å². The molecule has 0 saturated heterocycles. The van der Waals surface area contributed by atoms with Gasteiger partial charge in [-0.25, -0.2) is 0 Å². The lowest BCUT2D eigenvalue weighted by Crippen LogP contribution is -2.25. The number of nitrogens with zero attached hydrogens (tertiary/aromatic N) is 1. The molecule has 1 heteroatoms. The Morgan fingerprint density at radius 3 is 0.697 bits per heavy atom. The van der Waals surface area contributed by atoms with Gasteiger partial charge in [-0.05, 0) is 32.5 Å². The van der Waals surface area contributed by atoms with Gasteiger partial charge in [-0.3, -0.25) is 0 Å². The summed E-state index contributed by atoms with van der Waals surface area (Å²) in [5.74, 6) is 0. The molecular formula is C32H67N. The third kappa shape index (κ3) is 28.1. The van der Waals surface area contributed by atoms with Crippen molar-refractivity contribution in [1.29, 1.82) is 0 Å². The second kappa shape index (κ2) is 30.0. The van der Waals surface area contributed by atoms with Crippen LogP contribution in [0.15, 0.2) is 0 Å². The Labute approximate surface area is 212 Å². The van der Waals surface area contributed by atoms with Gasteiger partial charge in [0.1, 0.15) is 0 Å². The third-order valence-electron chi connectivity index (χ3n) is 7.60. The van der Waals surface area contributed by atoms with Gasteiger partial charge < -0.3 is 4.90 Å². The van der Waals surface area contributed by atoms with Crippen LogP contribution < -0.4 is 0 Å². The standard InChI is InChI=1S/C32H67N/c1-4-7-9-11-13-15-17-18-19-20-21-22-24-26-28-30-32-33(6-3)31-29-27-25-23-16-14-12-10-8-5-2/h4-32H2,1-3H3. The van der Waals surface area contributed by atoms with E-state index in [1.54, 1.807) is 0 Å². The summed E-state index contributed by atoms with van der Waals surface area (Å²) in [6, 6.07) is 0. The Kier molecular flexibility index (Phi) is 30.0. The zero-order chi connectivity index (χ0) is 24.1. The minimum atomic E-state index is 1.25. The van der Waals surface area contributed by atoms with Gasteiger partial charge in [0, 0.05) is 0 Å². The van der Waals surface area contributed by atoms with Crippen molar-refractivity contribution in [3.8, 4) is 0 Å². The van der Waals surface area contributed by atoms with E-state index in [-0.39, 0.29) is 0 Å². The van der Waals surface area contributed by atoms with Crippen molar-refractivity contribution in [3.63, 3.8) is 0 Å². The summed E-state index contributed by atoms with van der Waals surface area (Å²) >= 11 is 0. The summed E-state index contributed by atoms with van der Waals surface area (Å²) in [6.45, 7) is 10.9. The molecule has 0 bridgehead atoms. The normalized spacial score (nSPS) is 11.6. The maximum absolute atomic E-state index is 2.70. The Morgan fingerprint density at radius 2 is 0.485 bits per heavy atom. The molecule has 0 saturated carbocycles. The molecule has 0 atom stereocenters. The topological polar surface area (TPSA) is 3.24 Å². The van der Waals surface area contributed by atoms with Gasteiger partial charge in [-0.15, -0.1) is 0 Å². The van der Waals surface area contributed by atoms with Gasteiger partial charge in [0.2, 0.25) is 0 Å². The minimum absolute atomic E-state index is 1.25. The molecule has 0 aromatic carbocycles. The first-order chi connectivity index (χ1) is 16.3. The summed E-state index contributed by atoms with van der Waals surface area (Å²) in [5.41, 5.74) is 0. The highest BCUT2D eigenvalue weighted by atomic mass is 15.1. The van der Waals surface area contributed by atoms with Crippen LogP contribution in [0.3, 0.4) is 0 Å². The molecule has 0 radical (unpaired) electrons. The molecule has 200 valence electrons. The predicted molar refractivity (Wildman–Crippen MR) is 154 cm³/mol. The van der Waals surface area contributed by atoms with Gasteiger partial charge in [-0.2, -0.15) is 0 Å². The zero-order valence-corrected chi connectivity index (χ0v) is 24.0. The van der Waals surface area contributed by atoms with Crippen LogP contribution in [0.5, 0.6) is 0 Å². The molecule has 0 heterocycles. The molecule has 0 aromatic rings. The fourth-order valence-electron chi connectivity index (χ4n) is 5.13. The molecule has 1 nitrogen and oxygen atoms in total. The maximum Gasteiger partial charge on any atom is -0.00189 e. The minimum Gasteiger partial charge on any atom is -0.304 e. The fraction of sp³-hybridized carbons (Fsp3) is 1.00. The molecule has 0 fully saturated rings. The van der Waals surface area contributed by atoms with E-state index in [1.807, 2.05) is 0 Å². The largest absolute Gasteiger partial charge is 0.304 e. The quantitative estimate of drug-likeness (QED) is 0.0992. The smallest absolute Gasteiger partial charge is 0.00189 e. The summed E-state index contributed by atoms with van der Waals surface area (Å²) in [7, 11) is 0. The first-order valence-corrected chi connectivity index (χ1v) is 16.1. The van der Waals surface area contributed by atoms with E-state index in [0.717, 1.165) is 0 Å². The highest BCUT2D eigenvalue weighted by molar-refractivity contribution is 4.58. The van der Waals surface area contributed by atoms with Crippen LogP contribution in [0.25, 0.3) is 0 Å². The average Bonchev–Trinajstić information content (AvgIpc) is 2.83. The van der Waals surface area contributed by atoms with E-state index in [4.69, 9.17) is 0 Å². The molecule has 0 amide bonds. The zero-order valence-electron chi connectivity index (χ0n) is 24.0. The molecule has 0 aliphatic heterocycles. The summed E-state index contributed by atoms with van der Waals surface area (Å²) in [5, 5.41) is 0. The van der Waals surface area contributed by atoms with E-state index < -0.39 is 0 Å². The van der Waals surface area contributed by atoms with Crippen molar-refractivity contribution in [1.82, 2.24) is 4.90 Å². The van der Waals surface area contributed by atoms with E-state index in [0.29, 0.717) is 0 Å². The summed E-state index contributed by atoms with van der Waals surface area (Å²) in [4.78, 5) is 2.70. The third-order valence-corrected chi connectivity index (χ3v) is 7.60. The van der Waals surface area contributed by atoms with Crippen LogP contribution in [-0.2, 0) is 0 Å². The molecule has 0 aromatic heterocycles. The molecule has 0 aliphatic rings. The number of hydrogen-bond acceptors (Lipinski definition) is 1. The maximum atomic E-state index is 2.70. The highest BCUT2D eigenvalue weighted by Gasteiger charge is 2.02. The molecule has 0 unspecified atom stereocenters. The Hall–Kier alpha value is -0.0400. The van der Waals surface area contributed by atoms with Gasteiger partial charge >= 0.3 is 0 Å². The Balaban J connectivity index is 3.24. The van der Waals surface area contributed by atoms with Crippen molar-refractivity contribution in [2.24, 2.45) is 0 Å². The van der Waals surface area contributed by atoms with Crippen molar-refractivity contribution >= 4 is 0 Å². The second-order valence-electron chi connectivity index (χ2n) is 10.9. The highest BCUT2D eigenvalue weighted by Crippen LogP contribution is 2.14. The Morgan fingerprint density at radius 1 is 0.273 bits per heavy atom. The first-order valence-electron chi connectivity index (χ1n) is 16.1. The lowest BCUT2D eigenvalue weighted by Gasteiger charge is -2.20. The van der Waals surface area contributed by atoms with Crippen molar-refractivity contribution in [3.05, 3.63) is 0 Å². The van der Waals surface area contributed by atoms with Crippen LogP contribution in [0.4, 0.5) is 0 Å². The van der Waals surface area contributed by atoms with Crippen LogP contribution in [0.1, 0.15) is 188 Å². The van der Waals surface area contributed by atoms with E-state index in [1.165, 1.54) is 187 Å². The van der Waals surface area contributed by atoms with E-state index >= 15 is 0 Å². The fourth-order valence-corrected chi connectivity index (χ4v) is 5.13. The lowest BCUT2D eigenvalue weighted by atomic mass is 10.0. The first kappa shape index (κ1) is 33.0. The van der Waals surface area contributed by atoms with Gasteiger partial charge in [0.25, 0.3) is 0 Å². The van der Waals surface area contributed by atoms with Crippen molar-refractivity contribution in [2.45, 2.75) is 188 Å². The Bertz CT molecular complexity index is 326. The number of unbranched alkanes of at least 4 members (excludes halogenated alkanes) is 24. The van der Waals surface area contributed by atoms with Crippen LogP contribution in [0.2, 0.25) is 0 Å². The number of rotatable bonds is 29. The van der Waals surface area contributed by atoms with Gasteiger partial charge in [0.15, 0.2) is 0 Å². The second-order valence-corrected chi connectivity index (χ2v) is 10.9. The van der Waals surface area contributed by atoms with Crippen LogP contribution in [-0.4, -0.2) is 24.5 Å². The average molecular weight is 466 g/mol. The monoisotopic (exact) mass is 466 g/mol.